The highest BCUT2D eigenvalue weighted by Gasteiger charge is 2.23. The Bertz CT molecular complexity index is 705. The molecular weight excluding hydrogens is 311 g/mol. The van der Waals surface area contributed by atoms with Crippen molar-refractivity contribution in [3.63, 3.8) is 0 Å². The van der Waals surface area contributed by atoms with Gasteiger partial charge in [0.1, 0.15) is 11.8 Å². The van der Waals surface area contributed by atoms with E-state index in [0.717, 1.165) is 13.0 Å². The largest absolute Gasteiger partial charge is 0.453 e. The van der Waals surface area contributed by atoms with Gasteiger partial charge in [-0.05, 0) is 43.2 Å². The Balaban J connectivity index is 1.66. The van der Waals surface area contributed by atoms with Gasteiger partial charge in [-0.3, -0.25) is 15.2 Å². The first-order valence-corrected chi connectivity index (χ1v) is 7.79. The van der Waals surface area contributed by atoms with E-state index in [-0.39, 0.29) is 23.7 Å². The maximum Gasteiger partial charge on any atom is 0.239 e. The predicted octanol–water partition coefficient (Wildman–Crippen LogP) is 2.06. The number of amides is 1. The highest BCUT2D eigenvalue weighted by molar-refractivity contribution is 5.82. The summed E-state index contributed by atoms with van der Waals surface area (Å²) in [5.41, 5.74) is 6.48. The number of pyridine rings is 1. The molecule has 3 rings (SSSR count). The molecule has 2 atom stereocenters. The molecule has 0 aliphatic carbocycles. The number of carbonyl (C=O) groups is 1. The van der Waals surface area contributed by atoms with Gasteiger partial charge in [0.25, 0.3) is 0 Å². The first-order valence-electron chi connectivity index (χ1n) is 7.79. The van der Waals surface area contributed by atoms with Gasteiger partial charge < -0.3 is 10.1 Å². The predicted molar refractivity (Wildman–Crippen MR) is 86.8 cm³/mol. The number of halogens is 1. The van der Waals surface area contributed by atoms with Gasteiger partial charge in [-0.25, -0.2) is 9.82 Å². The van der Waals surface area contributed by atoms with Crippen molar-refractivity contribution in [3.05, 3.63) is 54.1 Å². The van der Waals surface area contributed by atoms with Crippen LogP contribution in [0.15, 0.2) is 42.7 Å². The van der Waals surface area contributed by atoms with Crippen molar-refractivity contribution in [2.24, 2.45) is 0 Å². The van der Waals surface area contributed by atoms with Crippen LogP contribution in [0.1, 0.15) is 24.9 Å². The lowest BCUT2D eigenvalue weighted by molar-refractivity contribution is -0.123. The molecular formula is C17H19FN4O2. The van der Waals surface area contributed by atoms with E-state index in [1.54, 1.807) is 30.5 Å². The number of nitrogens with zero attached hydrogens (tertiary/aromatic N) is 1. The van der Waals surface area contributed by atoms with E-state index in [2.05, 4.69) is 21.2 Å². The van der Waals surface area contributed by atoms with E-state index in [1.807, 2.05) is 6.92 Å². The van der Waals surface area contributed by atoms with Crippen LogP contribution in [-0.4, -0.2) is 23.5 Å². The minimum Gasteiger partial charge on any atom is -0.453 e. The van der Waals surface area contributed by atoms with E-state index in [4.69, 9.17) is 4.74 Å². The molecule has 6 nitrogen and oxygen atoms in total. The minimum absolute atomic E-state index is 0.108. The van der Waals surface area contributed by atoms with Crippen molar-refractivity contribution in [3.8, 4) is 11.5 Å². The number of hydrazine groups is 1. The molecule has 7 heteroatoms. The summed E-state index contributed by atoms with van der Waals surface area (Å²) in [6.45, 7) is 2.57. The molecule has 1 fully saturated rings. The molecule has 0 bridgehead atoms. The van der Waals surface area contributed by atoms with Crippen LogP contribution in [0.4, 0.5) is 4.39 Å². The average Bonchev–Trinajstić information content (AvgIpc) is 3.12. The molecule has 0 spiro atoms. The fourth-order valence-electron chi connectivity index (χ4n) is 2.48. The zero-order valence-electron chi connectivity index (χ0n) is 13.3. The van der Waals surface area contributed by atoms with Crippen LogP contribution in [0.2, 0.25) is 0 Å². The zero-order valence-corrected chi connectivity index (χ0v) is 13.3. The molecule has 1 aliphatic rings. The third kappa shape index (κ3) is 3.87. The number of carbonyl (C=O) groups excluding carboxylic acids is 1. The Morgan fingerprint density at radius 2 is 2.33 bits per heavy atom. The molecule has 1 aliphatic heterocycles. The number of hydrogen-bond donors (Lipinski definition) is 3. The minimum atomic E-state index is -0.488. The fourth-order valence-corrected chi connectivity index (χ4v) is 2.48. The van der Waals surface area contributed by atoms with Crippen molar-refractivity contribution >= 4 is 5.91 Å². The Morgan fingerprint density at radius 3 is 3.00 bits per heavy atom. The first-order chi connectivity index (χ1) is 11.6. The maximum absolute atomic E-state index is 14.3. The van der Waals surface area contributed by atoms with Crippen molar-refractivity contribution in [1.82, 2.24) is 21.2 Å². The summed E-state index contributed by atoms with van der Waals surface area (Å²) >= 11 is 0. The van der Waals surface area contributed by atoms with Gasteiger partial charge in [0.05, 0.1) is 12.2 Å². The zero-order chi connectivity index (χ0) is 16.9. The van der Waals surface area contributed by atoms with Crippen LogP contribution < -0.4 is 20.9 Å². The van der Waals surface area contributed by atoms with Gasteiger partial charge >= 0.3 is 0 Å². The number of aromatic nitrogens is 1. The Kier molecular flexibility index (Phi) is 5.02. The first kappa shape index (κ1) is 16.4. The fraction of sp³-hybridized carbons (Fsp3) is 0.294. The third-order valence-corrected chi connectivity index (χ3v) is 3.83. The lowest BCUT2D eigenvalue weighted by Gasteiger charge is -2.18. The quantitative estimate of drug-likeness (QED) is 0.782. The highest BCUT2D eigenvalue weighted by Crippen LogP contribution is 2.26. The van der Waals surface area contributed by atoms with Gasteiger partial charge in [0, 0.05) is 12.7 Å². The number of nitrogens with one attached hydrogen (secondary N) is 3. The molecule has 1 aromatic heterocycles. The summed E-state index contributed by atoms with van der Waals surface area (Å²) in [4.78, 5) is 16.0. The number of rotatable bonds is 5. The Hall–Kier alpha value is -2.51. The summed E-state index contributed by atoms with van der Waals surface area (Å²) in [7, 11) is 0. The molecule has 1 amide bonds. The highest BCUT2D eigenvalue weighted by atomic mass is 19.1. The van der Waals surface area contributed by atoms with E-state index >= 15 is 0 Å². The van der Waals surface area contributed by atoms with Gasteiger partial charge in [-0.2, -0.15) is 0 Å². The number of ether oxygens (including phenoxy) is 1. The summed E-state index contributed by atoms with van der Waals surface area (Å²) in [5.74, 6) is -0.0149. The molecule has 2 aromatic rings. The second-order valence-corrected chi connectivity index (χ2v) is 5.62. The summed E-state index contributed by atoms with van der Waals surface area (Å²) in [5, 5.41) is 2.88. The molecule has 1 aromatic carbocycles. The van der Waals surface area contributed by atoms with Crippen molar-refractivity contribution in [2.45, 2.75) is 25.4 Å². The van der Waals surface area contributed by atoms with Crippen molar-refractivity contribution in [2.75, 3.05) is 6.54 Å². The molecule has 3 N–H and O–H groups in total. The lowest BCUT2D eigenvalue weighted by Crippen LogP contribution is -2.43. The van der Waals surface area contributed by atoms with E-state index in [0.29, 0.717) is 11.3 Å². The van der Waals surface area contributed by atoms with Crippen LogP contribution in [0.25, 0.3) is 0 Å². The lowest BCUT2D eigenvalue weighted by atomic mass is 10.1. The normalized spacial score (nSPS) is 18.2. The van der Waals surface area contributed by atoms with Crippen LogP contribution in [0.3, 0.4) is 0 Å². The van der Waals surface area contributed by atoms with Crippen LogP contribution in [0.5, 0.6) is 11.5 Å². The van der Waals surface area contributed by atoms with Crippen LogP contribution >= 0.6 is 0 Å². The molecule has 2 unspecified atom stereocenters. The maximum atomic E-state index is 14.3. The topological polar surface area (TPSA) is 75.3 Å². The van der Waals surface area contributed by atoms with E-state index < -0.39 is 5.82 Å². The summed E-state index contributed by atoms with van der Waals surface area (Å²) in [6, 6.07) is 7.51. The molecule has 24 heavy (non-hydrogen) atoms. The van der Waals surface area contributed by atoms with Crippen LogP contribution in [-0.2, 0) is 4.79 Å². The van der Waals surface area contributed by atoms with Gasteiger partial charge in [-0.15, -0.1) is 0 Å². The van der Waals surface area contributed by atoms with Crippen molar-refractivity contribution < 1.29 is 13.9 Å². The summed E-state index contributed by atoms with van der Waals surface area (Å²) < 4.78 is 19.7. The molecule has 2 heterocycles. The third-order valence-electron chi connectivity index (χ3n) is 3.83. The summed E-state index contributed by atoms with van der Waals surface area (Å²) in [6.07, 6.45) is 3.86. The monoisotopic (exact) mass is 330 g/mol. The molecule has 1 saturated heterocycles. The van der Waals surface area contributed by atoms with E-state index in [1.165, 1.54) is 12.3 Å². The molecule has 0 radical (unpaired) electrons. The van der Waals surface area contributed by atoms with Crippen LogP contribution in [0, 0.1) is 5.82 Å². The Labute approximate surface area is 139 Å². The van der Waals surface area contributed by atoms with E-state index in [9.17, 15) is 9.18 Å². The Morgan fingerprint density at radius 1 is 1.46 bits per heavy atom. The van der Waals surface area contributed by atoms with Gasteiger partial charge in [0.2, 0.25) is 5.91 Å². The molecule has 0 saturated carbocycles. The van der Waals surface area contributed by atoms with Crippen molar-refractivity contribution in [1.29, 1.82) is 0 Å². The molecule has 126 valence electrons. The van der Waals surface area contributed by atoms with Gasteiger partial charge in [0.15, 0.2) is 11.6 Å². The number of benzene rings is 1. The SMILES string of the molecule is CC(NC(=O)C1CCNN1)c1ccc(Oc2cccnc2)c(F)c1. The second kappa shape index (κ2) is 7.37. The second-order valence-electron chi connectivity index (χ2n) is 5.62. The number of hydrogen-bond acceptors (Lipinski definition) is 5. The smallest absolute Gasteiger partial charge is 0.239 e. The van der Waals surface area contributed by atoms with Gasteiger partial charge in [-0.1, -0.05) is 6.07 Å². The standard InChI is InChI=1S/C17H19FN4O2/c1-11(21-17(23)15-6-8-20-22-15)12-4-5-16(14(18)9-12)24-13-3-2-7-19-10-13/h2-5,7,9-11,15,20,22H,6,8H2,1H3,(H,21,23). The average molecular weight is 330 g/mol.